The van der Waals surface area contributed by atoms with E-state index in [-0.39, 0.29) is 18.4 Å². The third-order valence-electron chi connectivity index (χ3n) is 5.73. The van der Waals surface area contributed by atoms with Gasteiger partial charge in [-0.25, -0.2) is 0 Å². The largest absolute Gasteiger partial charge is 0.485 e. The number of amides is 2. The summed E-state index contributed by atoms with van der Waals surface area (Å²) in [5.74, 6) is 1.06. The fourth-order valence-electron chi connectivity index (χ4n) is 3.99. The topological polar surface area (TPSA) is 76.9 Å². The van der Waals surface area contributed by atoms with E-state index >= 15 is 0 Å². The number of ether oxygens (including phenoxy) is 2. The molecule has 1 atom stereocenters. The van der Waals surface area contributed by atoms with Crippen LogP contribution in [0.1, 0.15) is 15.9 Å². The maximum absolute atomic E-state index is 12.9. The number of carbonyl (C=O) groups is 2. The second-order valence-electron chi connectivity index (χ2n) is 7.89. The zero-order chi connectivity index (χ0) is 21.9. The molecule has 164 valence electrons. The van der Waals surface area contributed by atoms with Crippen LogP contribution < -0.4 is 9.47 Å². The second kappa shape index (κ2) is 8.74. The summed E-state index contributed by atoms with van der Waals surface area (Å²) < 4.78 is 13.3. The lowest BCUT2D eigenvalue weighted by molar-refractivity contribution is -0.142. The molecule has 2 aliphatic rings. The Hall–Kier alpha value is -3.81. The number of fused-ring (bicyclic) bond motifs is 1. The predicted molar refractivity (Wildman–Crippen MR) is 117 cm³/mol. The van der Waals surface area contributed by atoms with E-state index in [0.29, 0.717) is 49.8 Å². The number of piperazine rings is 1. The summed E-state index contributed by atoms with van der Waals surface area (Å²) in [7, 11) is 0. The summed E-state index contributed by atoms with van der Waals surface area (Å²) in [5, 5.41) is 4.32. The van der Waals surface area contributed by atoms with Gasteiger partial charge in [0.25, 0.3) is 11.8 Å². The molecule has 1 fully saturated rings. The first-order valence-corrected chi connectivity index (χ1v) is 10.7. The Labute approximate surface area is 185 Å². The Balaban J connectivity index is 1.15. The highest BCUT2D eigenvalue weighted by molar-refractivity contribution is 5.94. The normalized spacial score (nSPS) is 17.8. The number of carbonyl (C=O) groups excluding carboxylic acids is 2. The average Bonchev–Trinajstić information content (AvgIpc) is 3.32. The van der Waals surface area contributed by atoms with Crippen molar-refractivity contribution in [1.29, 1.82) is 0 Å². The van der Waals surface area contributed by atoms with Gasteiger partial charge in [-0.3, -0.25) is 14.3 Å². The van der Waals surface area contributed by atoms with Gasteiger partial charge in [0.1, 0.15) is 6.61 Å². The van der Waals surface area contributed by atoms with Crippen LogP contribution in [0.3, 0.4) is 0 Å². The van der Waals surface area contributed by atoms with Crippen LogP contribution >= 0.6 is 0 Å². The van der Waals surface area contributed by atoms with E-state index in [2.05, 4.69) is 5.10 Å². The molecule has 2 amide bonds. The molecule has 0 unspecified atom stereocenters. The number of rotatable bonds is 4. The van der Waals surface area contributed by atoms with E-state index in [9.17, 15) is 9.59 Å². The van der Waals surface area contributed by atoms with Crippen LogP contribution in [-0.2, 0) is 11.3 Å². The van der Waals surface area contributed by atoms with Crippen molar-refractivity contribution in [2.45, 2.75) is 12.6 Å². The molecule has 1 saturated heterocycles. The SMILES string of the molecule is O=C(c1cnn(Cc2ccccc2)c1)N1CCN(C(=O)[C@H]2COc3ccccc3O2)CC1. The fraction of sp³-hybridized carbons (Fsp3) is 0.292. The van der Waals surface area contributed by atoms with Crippen LogP contribution in [0.2, 0.25) is 0 Å². The van der Waals surface area contributed by atoms with Crippen molar-refractivity contribution in [3.05, 3.63) is 78.1 Å². The molecule has 0 saturated carbocycles. The number of nitrogens with zero attached hydrogens (tertiary/aromatic N) is 4. The van der Waals surface area contributed by atoms with Gasteiger partial charge < -0.3 is 19.3 Å². The molecular weight excluding hydrogens is 408 g/mol. The Morgan fingerprint density at radius 3 is 2.38 bits per heavy atom. The molecular formula is C24H24N4O4. The lowest BCUT2D eigenvalue weighted by Crippen LogP contribution is -2.55. The summed E-state index contributed by atoms with van der Waals surface area (Å²) in [4.78, 5) is 29.3. The predicted octanol–water partition coefficient (Wildman–Crippen LogP) is 2.06. The lowest BCUT2D eigenvalue weighted by atomic mass is 10.2. The zero-order valence-corrected chi connectivity index (χ0v) is 17.6. The summed E-state index contributed by atoms with van der Waals surface area (Å²) >= 11 is 0. The summed E-state index contributed by atoms with van der Waals surface area (Å²) in [6.45, 7) is 2.67. The van der Waals surface area contributed by atoms with Gasteiger partial charge in [0.2, 0.25) is 6.10 Å². The number of aromatic nitrogens is 2. The molecule has 5 rings (SSSR count). The van der Waals surface area contributed by atoms with Crippen molar-refractivity contribution in [2.24, 2.45) is 0 Å². The molecule has 8 nitrogen and oxygen atoms in total. The van der Waals surface area contributed by atoms with E-state index in [0.717, 1.165) is 5.56 Å². The van der Waals surface area contributed by atoms with E-state index in [1.54, 1.807) is 32.9 Å². The van der Waals surface area contributed by atoms with Crippen molar-refractivity contribution in [3.8, 4) is 11.5 Å². The van der Waals surface area contributed by atoms with Crippen molar-refractivity contribution >= 4 is 11.8 Å². The fourth-order valence-corrected chi connectivity index (χ4v) is 3.99. The molecule has 0 spiro atoms. The molecule has 0 aliphatic carbocycles. The highest BCUT2D eigenvalue weighted by Crippen LogP contribution is 2.31. The third kappa shape index (κ3) is 4.16. The van der Waals surface area contributed by atoms with Gasteiger partial charge in [0.15, 0.2) is 11.5 Å². The monoisotopic (exact) mass is 432 g/mol. The van der Waals surface area contributed by atoms with Gasteiger partial charge in [-0.2, -0.15) is 5.10 Å². The van der Waals surface area contributed by atoms with Crippen molar-refractivity contribution < 1.29 is 19.1 Å². The van der Waals surface area contributed by atoms with E-state index in [4.69, 9.17) is 9.47 Å². The number of hydrogen-bond acceptors (Lipinski definition) is 5. The van der Waals surface area contributed by atoms with Gasteiger partial charge in [0.05, 0.1) is 18.3 Å². The first-order chi connectivity index (χ1) is 15.7. The minimum absolute atomic E-state index is 0.0670. The van der Waals surface area contributed by atoms with Crippen LogP contribution in [0.4, 0.5) is 0 Å². The third-order valence-corrected chi connectivity index (χ3v) is 5.73. The van der Waals surface area contributed by atoms with E-state index < -0.39 is 6.10 Å². The molecule has 8 heteroatoms. The number of benzene rings is 2. The average molecular weight is 432 g/mol. The van der Waals surface area contributed by atoms with Gasteiger partial charge in [0, 0.05) is 32.4 Å². The van der Waals surface area contributed by atoms with Crippen molar-refractivity contribution in [2.75, 3.05) is 32.8 Å². The van der Waals surface area contributed by atoms with Gasteiger partial charge in [-0.05, 0) is 17.7 Å². The maximum atomic E-state index is 12.9. The second-order valence-corrected chi connectivity index (χ2v) is 7.89. The molecule has 2 aromatic carbocycles. The molecule has 0 bridgehead atoms. The van der Waals surface area contributed by atoms with Gasteiger partial charge >= 0.3 is 0 Å². The Morgan fingerprint density at radius 2 is 1.59 bits per heavy atom. The summed E-state index contributed by atoms with van der Waals surface area (Å²) in [5.41, 5.74) is 1.68. The minimum Gasteiger partial charge on any atom is -0.485 e. The number of hydrogen-bond donors (Lipinski definition) is 0. The Kier molecular flexibility index (Phi) is 5.49. The van der Waals surface area contributed by atoms with Crippen LogP contribution in [0.25, 0.3) is 0 Å². The molecule has 0 radical (unpaired) electrons. The highest BCUT2D eigenvalue weighted by Gasteiger charge is 2.33. The van der Waals surface area contributed by atoms with Crippen LogP contribution in [-0.4, -0.2) is 70.3 Å². The van der Waals surface area contributed by atoms with Gasteiger partial charge in [-0.15, -0.1) is 0 Å². The molecule has 3 aromatic rings. The van der Waals surface area contributed by atoms with E-state index in [1.807, 2.05) is 48.5 Å². The van der Waals surface area contributed by atoms with E-state index in [1.165, 1.54) is 0 Å². The lowest BCUT2D eigenvalue weighted by Gasteiger charge is -2.37. The van der Waals surface area contributed by atoms with Crippen molar-refractivity contribution in [3.63, 3.8) is 0 Å². The van der Waals surface area contributed by atoms with Crippen molar-refractivity contribution in [1.82, 2.24) is 19.6 Å². The quantitative estimate of drug-likeness (QED) is 0.631. The highest BCUT2D eigenvalue weighted by atomic mass is 16.6. The Morgan fingerprint density at radius 1 is 0.906 bits per heavy atom. The molecule has 1 aromatic heterocycles. The number of para-hydroxylation sites is 2. The first-order valence-electron chi connectivity index (χ1n) is 10.7. The molecule has 32 heavy (non-hydrogen) atoms. The minimum atomic E-state index is -0.664. The smallest absolute Gasteiger partial charge is 0.267 e. The van der Waals surface area contributed by atoms with Crippen LogP contribution in [0, 0.1) is 0 Å². The summed E-state index contributed by atoms with van der Waals surface area (Å²) in [6, 6.07) is 17.3. The molecule has 2 aliphatic heterocycles. The maximum Gasteiger partial charge on any atom is 0.267 e. The summed E-state index contributed by atoms with van der Waals surface area (Å²) in [6.07, 6.45) is 2.72. The Bertz CT molecular complexity index is 1110. The molecule has 0 N–H and O–H groups in total. The van der Waals surface area contributed by atoms with Crippen LogP contribution in [0.5, 0.6) is 11.5 Å². The molecule has 3 heterocycles. The standard InChI is InChI=1S/C24H24N4O4/c29-23(19-14-25-28(16-19)15-18-6-2-1-3-7-18)26-10-12-27(13-11-26)24(30)22-17-31-20-8-4-5-9-21(20)32-22/h1-9,14,16,22H,10-13,15,17H2/t22-/m1/s1. The van der Waals surface area contributed by atoms with Gasteiger partial charge in [-0.1, -0.05) is 42.5 Å². The first kappa shape index (κ1) is 20.1. The van der Waals surface area contributed by atoms with Crippen LogP contribution in [0.15, 0.2) is 67.0 Å². The zero-order valence-electron chi connectivity index (χ0n) is 17.6.